The highest BCUT2D eigenvalue weighted by molar-refractivity contribution is 7.11. The molecule has 112 valence electrons. The van der Waals surface area contributed by atoms with E-state index in [0.717, 1.165) is 26.2 Å². The Kier molecular flexibility index (Phi) is 4.32. The first-order valence-corrected chi connectivity index (χ1v) is 8.54. The number of nitrogens with zero attached hydrogens (tertiary/aromatic N) is 2. The van der Waals surface area contributed by atoms with E-state index in [4.69, 9.17) is 0 Å². The van der Waals surface area contributed by atoms with Crippen LogP contribution in [0.4, 0.5) is 5.69 Å². The minimum Gasteiger partial charge on any atom is -0.366 e. The molecule has 1 unspecified atom stereocenters. The van der Waals surface area contributed by atoms with Gasteiger partial charge in [0, 0.05) is 47.7 Å². The Morgan fingerprint density at radius 2 is 1.81 bits per heavy atom. The summed E-state index contributed by atoms with van der Waals surface area (Å²) in [6.45, 7) is 11.2. The highest BCUT2D eigenvalue weighted by atomic mass is 32.1. The van der Waals surface area contributed by atoms with Crippen molar-refractivity contribution in [3.05, 3.63) is 51.7 Å². The quantitative estimate of drug-likeness (QED) is 0.843. The zero-order valence-corrected chi connectivity index (χ0v) is 14.0. The third-order valence-electron chi connectivity index (χ3n) is 4.25. The highest BCUT2D eigenvalue weighted by Gasteiger charge is 2.24. The predicted octanol–water partition coefficient (Wildman–Crippen LogP) is 4.08. The Hall–Kier alpha value is -1.32. The van der Waals surface area contributed by atoms with Gasteiger partial charge in [-0.05, 0) is 45.0 Å². The summed E-state index contributed by atoms with van der Waals surface area (Å²) in [5, 5.41) is 0. The summed E-state index contributed by atoms with van der Waals surface area (Å²) in [7, 11) is 0. The second kappa shape index (κ2) is 6.20. The molecule has 0 aliphatic carbocycles. The molecule has 1 saturated heterocycles. The van der Waals surface area contributed by atoms with E-state index in [1.165, 1.54) is 21.0 Å². The van der Waals surface area contributed by atoms with Crippen LogP contribution in [0.2, 0.25) is 0 Å². The van der Waals surface area contributed by atoms with Gasteiger partial charge in [-0.25, -0.2) is 0 Å². The monoisotopic (exact) mass is 300 g/mol. The van der Waals surface area contributed by atoms with Crippen molar-refractivity contribution in [2.75, 3.05) is 24.5 Å². The van der Waals surface area contributed by atoms with E-state index in [2.05, 4.69) is 67.0 Å². The third-order valence-corrected chi connectivity index (χ3v) is 5.24. The number of benzene rings is 1. The summed E-state index contributed by atoms with van der Waals surface area (Å²) in [5.74, 6) is 0. The van der Waals surface area contributed by atoms with Gasteiger partial charge in [-0.2, -0.15) is 0 Å². The molecular weight excluding hydrogens is 276 g/mol. The lowest BCUT2D eigenvalue weighted by molar-refractivity contribution is 0.223. The molecule has 3 rings (SSSR count). The van der Waals surface area contributed by atoms with Crippen molar-refractivity contribution in [3.63, 3.8) is 0 Å². The number of thiophene rings is 1. The van der Waals surface area contributed by atoms with E-state index in [-0.39, 0.29) is 0 Å². The van der Waals surface area contributed by atoms with Gasteiger partial charge in [0.2, 0.25) is 0 Å². The zero-order chi connectivity index (χ0) is 14.8. The molecule has 1 aromatic heterocycles. The molecule has 21 heavy (non-hydrogen) atoms. The van der Waals surface area contributed by atoms with Crippen LogP contribution in [0, 0.1) is 13.8 Å². The van der Waals surface area contributed by atoms with E-state index >= 15 is 0 Å². The van der Waals surface area contributed by atoms with Crippen molar-refractivity contribution in [3.8, 4) is 0 Å². The molecule has 0 radical (unpaired) electrons. The van der Waals surface area contributed by atoms with Crippen LogP contribution < -0.4 is 4.90 Å². The number of rotatable bonds is 3. The van der Waals surface area contributed by atoms with Gasteiger partial charge in [-0.1, -0.05) is 17.7 Å². The van der Waals surface area contributed by atoms with Gasteiger partial charge in [0.05, 0.1) is 0 Å². The summed E-state index contributed by atoms with van der Waals surface area (Å²) in [6.07, 6.45) is 0. The van der Waals surface area contributed by atoms with Crippen LogP contribution in [-0.2, 0) is 6.54 Å². The van der Waals surface area contributed by atoms with Gasteiger partial charge < -0.3 is 4.90 Å². The summed E-state index contributed by atoms with van der Waals surface area (Å²) in [4.78, 5) is 8.02. The maximum absolute atomic E-state index is 2.58. The minimum atomic E-state index is 0.572. The molecule has 3 heteroatoms. The third kappa shape index (κ3) is 3.47. The summed E-state index contributed by atoms with van der Waals surface area (Å²) in [6, 6.07) is 14.0. The van der Waals surface area contributed by atoms with Crippen molar-refractivity contribution in [2.45, 2.75) is 33.4 Å². The van der Waals surface area contributed by atoms with Gasteiger partial charge in [-0.15, -0.1) is 11.3 Å². The van der Waals surface area contributed by atoms with Crippen molar-refractivity contribution in [2.24, 2.45) is 0 Å². The molecule has 0 N–H and O–H groups in total. The highest BCUT2D eigenvalue weighted by Crippen LogP contribution is 2.23. The Morgan fingerprint density at radius 1 is 1.05 bits per heavy atom. The number of piperazine rings is 1. The molecule has 1 aromatic carbocycles. The summed E-state index contributed by atoms with van der Waals surface area (Å²) in [5.41, 5.74) is 2.69. The van der Waals surface area contributed by atoms with E-state index in [9.17, 15) is 0 Å². The SMILES string of the molecule is Cc1ccc(N2CCN(Cc3ccc(C)s3)CC2C)cc1. The van der Waals surface area contributed by atoms with Crippen molar-refractivity contribution in [1.29, 1.82) is 0 Å². The van der Waals surface area contributed by atoms with Crippen molar-refractivity contribution >= 4 is 17.0 Å². The van der Waals surface area contributed by atoms with Gasteiger partial charge in [0.15, 0.2) is 0 Å². The lowest BCUT2D eigenvalue weighted by atomic mass is 10.1. The Morgan fingerprint density at radius 3 is 2.43 bits per heavy atom. The molecule has 0 saturated carbocycles. The number of hydrogen-bond donors (Lipinski definition) is 0. The Bertz CT molecular complexity index is 588. The standard InChI is InChI=1S/C18H24N2S/c1-14-4-7-17(8-5-14)20-11-10-19(12-15(20)2)13-18-9-6-16(3)21-18/h4-9,15H,10-13H2,1-3H3. The van der Waals surface area contributed by atoms with Crippen LogP contribution in [0.1, 0.15) is 22.2 Å². The fraction of sp³-hybridized carbons (Fsp3) is 0.444. The molecule has 0 spiro atoms. The molecule has 2 heterocycles. The van der Waals surface area contributed by atoms with Crippen LogP contribution in [0.3, 0.4) is 0 Å². The molecule has 0 amide bonds. The number of hydrogen-bond acceptors (Lipinski definition) is 3. The molecular formula is C18H24N2S. The van der Waals surface area contributed by atoms with Gasteiger partial charge in [0.1, 0.15) is 0 Å². The Labute approximate surface area is 132 Å². The Balaban J connectivity index is 1.62. The summed E-state index contributed by atoms with van der Waals surface area (Å²) >= 11 is 1.93. The molecule has 2 aromatic rings. The number of aryl methyl sites for hydroxylation is 2. The van der Waals surface area contributed by atoms with E-state index in [1.807, 2.05) is 11.3 Å². The lowest BCUT2D eigenvalue weighted by Crippen LogP contribution is -2.51. The fourth-order valence-corrected chi connectivity index (χ4v) is 4.02. The van der Waals surface area contributed by atoms with E-state index < -0.39 is 0 Å². The smallest absolute Gasteiger partial charge is 0.0389 e. The molecule has 2 nitrogen and oxygen atoms in total. The van der Waals surface area contributed by atoms with Crippen LogP contribution in [0.5, 0.6) is 0 Å². The first-order valence-electron chi connectivity index (χ1n) is 7.73. The number of anilines is 1. The molecule has 0 bridgehead atoms. The fourth-order valence-electron chi connectivity index (χ4n) is 3.09. The zero-order valence-electron chi connectivity index (χ0n) is 13.2. The predicted molar refractivity (Wildman–Crippen MR) is 92.3 cm³/mol. The first-order chi connectivity index (χ1) is 10.1. The topological polar surface area (TPSA) is 6.48 Å². The maximum Gasteiger partial charge on any atom is 0.0389 e. The second-order valence-electron chi connectivity index (χ2n) is 6.13. The van der Waals surface area contributed by atoms with Crippen molar-refractivity contribution in [1.82, 2.24) is 4.90 Å². The summed E-state index contributed by atoms with van der Waals surface area (Å²) < 4.78 is 0. The second-order valence-corrected chi connectivity index (χ2v) is 7.50. The molecule has 1 aliphatic rings. The largest absolute Gasteiger partial charge is 0.366 e. The van der Waals surface area contributed by atoms with Gasteiger partial charge >= 0.3 is 0 Å². The van der Waals surface area contributed by atoms with Crippen LogP contribution in [-0.4, -0.2) is 30.6 Å². The lowest BCUT2D eigenvalue weighted by Gasteiger charge is -2.41. The molecule has 1 atom stereocenters. The van der Waals surface area contributed by atoms with Crippen LogP contribution in [0.15, 0.2) is 36.4 Å². The van der Waals surface area contributed by atoms with Gasteiger partial charge in [0.25, 0.3) is 0 Å². The van der Waals surface area contributed by atoms with Crippen molar-refractivity contribution < 1.29 is 0 Å². The normalized spacial score (nSPS) is 20.0. The average molecular weight is 300 g/mol. The molecule has 1 aliphatic heterocycles. The first kappa shape index (κ1) is 14.6. The van der Waals surface area contributed by atoms with E-state index in [0.29, 0.717) is 6.04 Å². The van der Waals surface area contributed by atoms with Crippen LogP contribution >= 0.6 is 11.3 Å². The maximum atomic E-state index is 2.58. The van der Waals surface area contributed by atoms with Gasteiger partial charge in [-0.3, -0.25) is 4.90 Å². The van der Waals surface area contributed by atoms with E-state index in [1.54, 1.807) is 0 Å². The van der Waals surface area contributed by atoms with Crippen LogP contribution in [0.25, 0.3) is 0 Å². The minimum absolute atomic E-state index is 0.572. The molecule has 1 fully saturated rings. The average Bonchev–Trinajstić information content (AvgIpc) is 2.86.